The molecule has 0 spiro atoms. The van der Waals surface area contributed by atoms with Crippen LogP contribution in [0.2, 0.25) is 5.02 Å². The van der Waals surface area contributed by atoms with E-state index in [1.54, 1.807) is 6.08 Å². The van der Waals surface area contributed by atoms with Crippen molar-refractivity contribution in [3.8, 4) is 0 Å². The fourth-order valence-electron chi connectivity index (χ4n) is 4.36. The minimum Gasteiger partial charge on any atom is -0.365 e. The Hall–Kier alpha value is -2.96. The van der Waals surface area contributed by atoms with Crippen LogP contribution < -0.4 is 15.1 Å². The van der Waals surface area contributed by atoms with Gasteiger partial charge in [0.2, 0.25) is 0 Å². The zero-order valence-electron chi connectivity index (χ0n) is 19.3. The number of carbonyl (C=O) groups is 2. The summed E-state index contributed by atoms with van der Waals surface area (Å²) in [6, 6.07) is 11.4. The lowest BCUT2D eigenvalue weighted by Gasteiger charge is -2.41. The van der Waals surface area contributed by atoms with Gasteiger partial charge in [0.05, 0.1) is 11.2 Å². The Labute approximate surface area is 204 Å². The Bertz CT molecular complexity index is 1260. The Morgan fingerprint density at radius 1 is 1.15 bits per heavy atom. The lowest BCUT2D eigenvalue weighted by Crippen LogP contribution is -2.54. The maximum Gasteiger partial charge on any atom is 0.270 e. The highest BCUT2D eigenvalue weighted by atomic mass is 35.5. The molecular weight excluding hydrogens is 454 g/mol. The van der Waals surface area contributed by atoms with E-state index >= 15 is 0 Å². The van der Waals surface area contributed by atoms with Crippen molar-refractivity contribution in [1.82, 2.24) is 5.32 Å². The molecule has 170 valence electrons. The van der Waals surface area contributed by atoms with Crippen LogP contribution in [0.4, 0.5) is 11.4 Å². The van der Waals surface area contributed by atoms with Gasteiger partial charge in [-0.2, -0.15) is 0 Å². The Balaban J connectivity index is 1.81. The zero-order valence-corrected chi connectivity index (χ0v) is 20.9. The monoisotopic (exact) mass is 479 g/mol. The molecule has 1 fully saturated rings. The maximum absolute atomic E-state index is 13.5. The number of aryl methyl sites for hydroxylation is 1. The van der Waals surface area contributed by atoms with Gasteiger partial charge < -0.3 is 4.90 Å². The molecule has 2 aliphatic rings. The second-order valence-electron chi connectivity index (χ2n) is 8.87. The standard InChI is InChI=1S/C26H26ClN3O2S/c1-6-16-9-7-8-10-21(16)30-24(32)19(23(31)28-25(30)33)12-17-11-18-15(2)14-26(3,4)29(5)22(18)13-20(17)27/h7-14H,6H2,1-5H3,(H,28,31,33)/b19-12-. The van der Waals surface area contributed by atoms with Gasteiger partial charge in [-0.1, -0.05) is 42.8 Å². The normalized spacial score (nSPS) is 18.9. The number of carbonyl (C=O) groups excluding carboxylic acids is 2. The van der Waals surface area contributed by atoms with Crippen LogP contribution in [-0.2, 0) is 16.0 Å². The van der Waals surface area contributed by atoms with Gasteiger partial charge in [0, 0.05) is 23.3 Å². The lowest BCUT2D eigenvalue weighted by atomic mass is 9.88. The number of allylic oxidation sites excluding steroid dienone is 1. The fraction of sp³-hybridized carbons (Fsp3) is 0.269. The van der Waals surface area contributed by atoms with Gasteiger partial charge in [0.25, 0.3) is 11.8 Å². The van der Waals surface area contributed by atoms with Crippen molar-refractivity contribution in [1.29, 1.82) is 0 Å². The molecule has 7 heteroatoms. The second kappa shape index (κ2) is 8.43. The number of para-hydroxylation sites is 1. The van der Waals surface area contributed by atoms with Crippen molar-refractivity contribution in [2.75, 3.05) is 16.8 Å². The third-order valence-corrected chi connectivity index (χ3v) is 6.96. The van der Waals surface area contributed by atoms with E-state index in [0.717, 1.165) is 28.8 Å². The Morgan fingerprint density at radius 3 is 2.55 bits per heavy atom. The highest BCUT2D eigenvalue weighted by Gasteiger charge is 2.36. The molecular formula is C26H26ClN3O2S. The van der Waals surface area contributed by atoms with Gasteiger partial charge in [0.1, 0.15) is 5.57 Å². The molecule has 0 bridgehead atoms. The number of nitrogens with one attached hydrogen (secondary N) is 1. The quantitative estimate of drug-likeness (QED) is 0.365. The number of fused-ring (bicyclic) bond motifs is 1. The van der Waals surface area contributed by atoms with E-state index in [1.165, 1.54) is 4.90 Å². The Kier molecular flexibility index (Phi) is 5.93. The van der Waals surface area contributed by atoms with Gasteiger partial charge in [-0.3, -0.25) is 19.8 Å². The molecule has 5 nitrogen and oxygen atoms in total. The molecule has 2 aromatic carbocycles. The number of hydrogen-bond acceptors (Lipinski definition) is 4. The van der Waals surface area contributed by atoms with Crippen molar-refractivity contribution in [2.45, 2.75) is 39.7 Å². The summed E-state index contributed by atoms with van der Waals surface area (Å²) in [5, 5.41) is 3.19. The average molecular weight is 480 g/mol. The topological polar surface area (TPSA) is 52.7 Å². The average Bonchev–Trinajstić information content (AvgIpc) is 2.75. The van der Waals surface area contributed by atoms with Crippen molar-refractivity contribution in [2.24, 2.45) is 0 Å². The molecule has 4 rings (SSSR count). The molecule has 0 unspecified atom stereocenters. The molecule has 33 heavy (non-hydrogen) atoms. The first-order valence-electron chi connectivity index (χ1n) is 10.8. The number of benzene rings is 2. The van der Waals surface area contributed by atoms with Crippen LogP contribution in [0.1, 0.15) is 44.4 Å². The SMILES string of the molecule is CCc1ccccc1N1C(=O)/C(=C\c2cc3c(cc2Cl)N(C)C(C)(C)C=C3C)C(=O)NC1=S. The molecule has 0 saturated carbocycles. The molecule has 0 aromatic heterocycles. The van der Waals surface area contributed by atoms with E-state index in [2.05, 4.69) is 37.1 Å². The van der Waals surface area contributed by atoms with Crippen molar-refractivity contribution in [3.63, 3.8) is 0 Å². The molecule has 0 aliphatic carbocycles. The zero-order chi connectivity index (χ0) is 24.1. The van der Waals surface area contributed by atoms with Crippen LogP contribution in [0.3, 0.4) is 0 Å². The van der Waals surface area contributed by atoms with E-state index in [0.29, 0.717) is 16.3 Å². The first kappa shape index (κ1) is 23.2. The summed E-state index contributed by atoms with van der Waals surface area (Å²) in [6.07, 6.45) is 4.47. The summed E-state index contributed by atoms with van der Waals surface area (Å²) in [5.74, 6) is -1.00. The predicted molar refractivity (Wildman–Crippen MR) is 140 cm³/mol. The molecule has 0 radical (unpaired) electrons. The summed E-state index contributed by atoms with van der Waals surface area (Å²) in [6.45, 7) is 8.34. The number of hydrogen-bond donors (Lipinski definition) is 1. The van der Waals surface area contributed by atoms with E-state index in [-0.39, 0.29) is 16.2 Å². The largest absolute Gasteiger partial charge is 0.365 e. The molecule has 2 heterocycles. The first-order chi connectivity index (χ1) is 15.5. The van der Waals surface area contributed by atoms with E-state index in [4.69, 9.17) is 23.8 Å². The highest BCUT2D eigenvalue weighted by molar-refractivity contribution is 7.80. The van der Waals surface area contributed by atoms with Crippen LogP contribution >= 0.6 is 23.8 Å². The van der Waals surface area contributed by atoms with Crippen molar-refractivity contribution < 1.29 is 9.59 Å². The van der Waals surface area contributed by atoms with Gasteiger partial charge in [0.15, 0.2) is 5.11 Å². The molecule has 0 atom stereocenters. The number of rotatable bonds is 3. The molecule has 1 saturated heterocycles. The summed E-state index contributed by atoms with van der Waals surface area (Å²) >= 11 is 12.0. The van der Waals surface area contributed by atoms with Crippen LogP contribution in [-0.4, -0.2) is 29.5 Å². The first-order valence-corrected chi connectivity index (χ1v) is 11.6. The number of likely N-dealkylation sites (N-methyl/N-ethyl adjacent to an activating group) is 1. The van der Waals surface area contributed by atoms with Gasteiger partial charge in [-0.15, -0.1) is 0 Å². The summed E-state index contributed by atoms with van der Waals surface area (Å²) in [4.78, 5) is 29.8. The highest BCUT2D eigenvalue weighted by Crippen LogP contribution is 2.41. The number of nitrogens with zero attached hydrogens (tertiary/aromatic N) is 2. The van der Waals surface area contributed by atoms with E-state index < -0.39 is 11.8 Å². The summed E-state index contributed by atoms with van der Waals surface area (Å²) < 4.78 is 0. The van der Waals surface area contributed by atoms with Crippen LogP contribution in [0.15, 0.2) is 48.0 Å². The third kappa shape index (κ3) is 3.98. The van der Waals surface area contributed by atoms with Crippen molar-refractivity contribution >= 4 is 63.8 Å². The molecule has 1 N–H and O–H groups in total. The number of amides is 2. The lowest BCUT2D eigenvalue weighted by molar-refractivity contribution is -0.122. The molecule has 2 aromatic rings. The van der Waals surface area contributed by atoms with Crippen LogP contribution in [0.25, 0.3) is 11.6 Å². The molecule has 2 aliphatic heterocycles. The summed E-state index contributed by atoms with van der Waals surface area (Å²) in [5.41, 5.74) is 5.20. The maximum atomic E-state index is 13.5. The number of halogens is 1. The van der Waals surface area contributed by atoms with Crippen LogP contribution in [0.5, 0.6) is 0 Å². The summed E-state index contributed by atoms with van der Waals surface area (Å²) in [7, 11) is 2.03. The second-order valence-corrected chi connectivity index (χ2v) is 9.66. The van der Waals surface area contributed by atoms with E-state index in [9.17, 15) is 9.59 Å². The third-order valence-electron chi connectivity index (χ3n) is 6.35. The fourth-order valence-corrected chi connectivity index (χ4v) is 4.84. The minimum absolute atomic E-state index is 0.0116. The van der Waals surface area contributed by atoms with E-state index in [1.807, 2.05) is 50.4 Å². The van der Waals surface area contributed by atoms with Gasteiger partial charge >= 0.3 is 0 Å². The van der Waals surface area contributed by atoms with Crippen LogP contribution in [0, 0.1) is 0 Å². The minimum atomic E-state index is -0.533. The van der Waals surface area contributed by atoms with Gasteiger partial charge in [-0.25, -0.2) is 0 Å². The molecule has 2 amide bonds. The predicted octanol–water partition coefficient (Wildman–Crippen LogP) is 5.37. The Morgan fingerprint density at radius 2 is 1.85 bits per heavy atom. The number of thiocarbonyl (C=S) groups is 1. The number of anilines is 2. The smallest absolute Gasteiger partial charge is 0.270 e. The van der Waals surface area contributed by atoms with Crippen molar-refractivity contribution in [3.05, 3.63) is 69.8 Å². The van der Waals surface area contributed by atoms with Gasteiger partial charge in [-0.05, 0) is 80.4 Å².